The SMILES string of the molecule is COCC(C)CNS(=O)(=O)c1cc(CO)c(C)cc1C. The van der Waals surface area contributed by atoms with Gasteiger partial charge in [0.15, 0.2) is 0 Å². The minimum atomic E-state index is -3.57. The Labute approximate surface area is 121 Å². The lowest BCUT2D eigenvalue weighted by atomic mass is 10.1. The van der Waals surface area contributed by atoms with E-state index in [0.29, 0.717) is 24.3 Å². The van der Waals surface area contributed by atoms with Crippen LogP contribution in [0.3, 0.4) is 0 Å². The molecule has 0 aliphatic rings. The summed E-state index contributed by atoms with van der Waals surface area (Å²) < 4.78 is 32.2. The number of hydrogen-bond acceptors (Lipinski definition) is 4. The molecule has 1 unspecified atom stereocenters. The third-order valence-corrected chi connectivity index (χ3v) is 4.73. The molecule has 0 bridgehead atoms. The summed E-state index contributed by atoms with van der Waals surface area (Å²) in [6, 6.07) is 3.31. The van der Waals surface area contributed by atoms with Crippen LogP contribution in [0.15, 0.2) is 17.0 Å². The average Bonchev–Trinajstić information content (AvgIpc) is 2.37. The molecule has 0 heterocycles. The normalized spacial score (nSPS) is 13.4. The third kappa shape index (κ3) is 4.28. The van der Waals surface area contributed by atoms with Crippen LogP contribution in [0, 0.1) is 19.8 Å². The van der Waals surface area contributed by atoms with Gasteiger partial charge in [-0.2, -0.15) is 0 Å². The topological polar surface area (TPSA) is 75.6 Å². The molecule has 1 aromatic rings. The zero-order valence-electron chi connectivity index (χ0n) is 12.4. The Bertz CT molecular complexity index is 555. The number of ether oxygens (including phenoxy) is 1. The highest BCUT2D eigenvalue weighted by Gasteiger charge is 2.19. The highest BCUT2D eigenvalue weighted by molar-refractivity contribution is 7.89. The predicted octanol–water partition coefficient (Wildman–Crippen LogP) is 1.36. The number of benzene rings is 1. The van der Waals surface area contributed by atoms with Crippen molar-refractivity contribution in [2.24, 2.45) is 5.92 Å². The lowest BCUT2D eigenvalue weighted by Gasteiger charge is -2.15. The predicted molar refractivity (Wildman–Crippen MR) is 78.1 cm³/mol. The van der Waals surface area contributed by atoms with Crippen molar-refractivity contribution in [3.8, 4) is 0 Å². The quantitative estimate of drug-likeness (QED) is 0.797. The number of rotatable bonds is 7. The van der Waals surface area contributed by atoms with Crippen molar-refractivity contribution >= 4 is 10.0 Å². The summed E-state index contributed by atoms with van der Waals surface area (Å²) in [6.07, 6.45) is 0. The summed E-state index contributed by atoms with van der Waals surface area (Å²) >= 11 is 0. The molecule has 0 saturated heterocycles. The van der Waals surface area contributed by atoms with E-state index in [2.05, 4.69) is 4.72 Å². The molecular weight excluding hydrogens is 278 g/mol. The van der Waals surface area contributed by atoms with Crippen molar-refractivity contribution in [1.29, 1.82) is 0 Å². The number of methoxy groups -OCH3 is 1. The van der Waals surface area contributed by atoms with Crippen LogP contribution < -0.4 is 4.72 Å². The van der Waals surface area contributed by atoms with E-state index in [0.717, 1.165) is 5.56 Å². The Morgan fingerprint density at radius 1 is 1.30 bits per heavy atom. The van der Waals surface area contributed by atoms with Crippen LogP contribution in [0.5, 0.6) is 0 Å². The van der Waals surface area contributed by atoms with Crippen molar-refractivity contribution in [2.45, 2.75) is 32.3 Å². The fourth-order valence-electron chi connectivity index (χ4n) is 2.01. The van der Waals surface area contributed by atoms with E-state index in [1.165, 1.54) is 6.07 Å². The summed E-state index contributed by atoms with van der Waals surface area (Å²) in [5, 5.41) is 9.26. The van der Waals surface area contributed by atoms with Crippen molar-refractivity contribution in [3.05, 3.63) is 28.8 Å². The Morgan fingerprint density at radius 3 is 2.50 bits per heavy atom. The summed E-state index contributed by atoms with van der Waals surface area (Å²) in [4.78, 5) is 0.219. The number of aliphatic hydroxyl groups excluding tert-OH is 1. The second-order valence-corrected chi connectivity index (χ2v) is 6.85. The minimum absolute atomic E-state index is 0.0952. The smallest absolute Gasteiger partial charge is 0.240 e. The van der Waals surface area contributed by atoms with Gasteiger partial charge in [-0.05, 0) is 42.5 Å². The maximum absolute atomic E-state index is 12.3. The van der Waals surface area contributed by atoms with E-state index >= 15 is 0 Å². The van der Waals surface area contributed by atoms with Crippen molar-refractivity contribution in [1.82, 2.24) is 4.72 Å². The van der Waals surface area contributed by atoms with Crippen LogP contribution in [-0.2, 0) is 21.4 Å². The first-order chi connectivity index (χ1) is 9.31. The third-order valence-electron chi connectivity index (χ3n) is 3.17. The van der Waals surface area contributed by atoms with Crippen LogP contribution in [0.1, 0.15) is 23.6 Å². The number of aliphatic hydroxyl groups is 1. The summed E-state index contributed by atoms with van der Waals surface area (Å²) in [7, 11) is -1.98. The Morgan fingerprint density at radius 2 is 1.95 bits per heavy atom. The number of sulfonamides is 1. The van der Waals surface area contributed by atoms with Crippen LogP contribution in [0.4, 0.5) is 0 Å². The second-order valence-electron chi connectivity index (χ2n) is 5.11. The molecule has 0 saturated carbocycles. The van der Waals surface area contributed by atoms with E-state index in [1.807, 2.05) is 13.8 Å². The zero-order chi connectivity index (χ0) is 15.3. The molecule has 0 spiro atoms. The Balaban J connectivity index is 2.98. The molecule has 5 nitrogen and oxygen atoms in total. The van der Waals surface area contributed by atoms with Gasteiger partial charge in [0.25, 0.3) is 0 Å². The highest BCUT2D eigenvalue weighted by Crippen LogP contribution is 2.20. The summed E-state index contributed by atoms with van der Waals surface area (Å²) in [5.74, 6) is 0.0952. The molecule has 20 heavy (non-hydrogen) atoms. The van der Waals surface area contributed by atoms with Gasteiger partial charge in [-0.3, -0.25) is 0 Å². The fraction of sp³-hybridized carbons (Fsp3) is 0.571. The van der Waals surface area contributed by atoms with Gasteiger partial charge in [0.2, 0.25) is 10.0 Å². The first-order valence-corrected chi connectivity index (χ1v) is 7.99. The van der Waals surface area contributed by atoms with Gasteiger partial charge in [0.1, 0.15) is 0 Å². The Hall–Kier alpha value is -0.950. The molecule has 1 aromatic carbocycles. The van der Waals surface area contributed by atoms with Crippen molar-refractivity contribution < 1.29 is 18.3 Å². The van der Waals surface area contributed by atoms with Crippen LogP contribution >= 0.6 is 0 Å². The standard InChI is InChI=1S/C14H23NO4S/c1-10(9-19-4)7-15-20(17,18)14-6-13(8-16)11(2)5-12(14)3/h5-6,10,15-16H,7-9H2,1-4H3. The van der Waals surface area contributed by atoms with Gasteiger partial charge in [0.05, 0.1) is 11.5 Å². The van der Waals surface area contributed by atoms with Gasteiger partial charge in [0, 0.05) is 20.3 Å². The minimum Gasteiger partial charge on any atom is -0.392 e. The molecular formula is C14H23NO4S. The molecule has 0 aromatic heterocycles. The second kappa shape index (κ2) is 7.17. The molecule has 0 amide bonds. The largest absolute Gasteiger partial charge is 0.392 e. The van der Waals surface area contributed by atoms with Gasteiger partial charge in [-0.1, -0.05) is 13.0 Å². The van der Waals surface area contributed by atoms with Crippen LogP contribution in [0.25, 0.3) is 0 Å². The molecule has 0 aliphatic carbocycles. The molecule has 1 rings (SSSR count). The Kier molecular flexibility index (Phi) is 6.13. The van der Waals surface area contributed by atoms with Gasteiger partial charge < -0.3 is 9.84 Å². The molecule has 2 N–H and O–H groups in total. The van der Waals surface area contributed by atoms with E-state index in [9.17, 15) is 13.5 Å². The maximum Gasteiger partial charge on any atom is 0.240 e. The lowest BCUT2D eigenvalue weighted by Crippen LogP contribution is -2.30. The van der Waals surface area contributed by atoms with Crippen LogP contribution in [-0.4, -0.2) is 33.8 Å². The molecule has 0 radical (unpaired) electrons. The van der Waals surface area contributed by atoms with Gasteiger partial charge in [-0.15, -0.1) is 0 Å². The first kappa shape index (κ1) is 17.1. The van der Waals surface area contributed by atoms with E-state index in [-0.39, 0.29) is 17.4 Å². The van der Waals surface area contributed by atoms with Crippen LogP contribution in [0.2, 0.25) is 0 Å². The van der Waals surface area contributed by atoms with E-state index in [4.69, 9.17) is 4.74 Å². The molecule has 114 valence electrons. The monoisotopic (exact) mass is 301 g/mol. The highest BCUT2D eigenvalue weighted by atomic mass is 32.2. The van der Waals surface area contributed by atoms with Gasteiger partial charge in [-0.25, -0.2) is 13.1 Å². The van der Waals surface area contributed by atoms with E-state index < -0.39 is 10.0 Å². The number of aryl methyl sites for hydroxylation is 2. The van der Waals surface area contributed by atoms with Crippen molar-refractivity contribution in [2.75, 3.05) is 20.3 Å². The molecule has 0 aliphatic heterocycles. The molecule has 0 fully saturated rings. The van der Waals surface area contributed by atoms with E-state index in [1.54, 1.807) is 20.1 Å². The van der Waals surface area contributed by atoms with Crippen molar-refractivity contribution in [3.63, 3.8) is 0 Å². The average molecular weight is 301 g/mol. The summed E-state index contributed by atoms with van der Waals surface area (Å²) in [6.45, 7) is 6.15. The number of hydrogen-bond donors (Lipinski definition) is 2. The fourth-order valence-corrected chi connectivity index (χ4v) is 3.45. The molecule has 1 atom stereocenters. The molecule has 6 heteroatoms. The zero-order valence-corrected chi connectivity index (χ0v) is 13.3. The summed E-state index contributed by atoms with van der Waals surface area (Å²) in [5.41, 5.74) is 2.18. The van der Waals surface area contributed by atoms with Gasteiger partial charge >= 0.3 is 0 Å². The first-order valence-electron chi connectivity index (χ1n) is 6.51. The maximum atomic E-state index is 12.3. The lowest BCUT2D eigenvalue weighted by molar-refractivity contribution is 0.161. The number of nitrogens with one attached hydrogen (secondary N) is 1.